The molecule has 0 saturated carbocycles. The number of nitrogens with zero attached hydrogens (tertiary/aromatic N) is 2. The zero-order valence-corrected chi connectivity index (χ0v) is 16.0. The third-order valence-electron chi connectivity index (χ3n) is 5.33. The molecule has 1 aliphatic rings. The van der Waals surface area contributed by atoms with E-state index < -0.39 is 0 Å². The molecule has 5 heteroatoms. The number of hydrogen-bond donors (Lipinski definition) is 0. The Morgan fingerprint density at radius 3 is 2.86 bits per heavy atom. The largest absolute Gasteiger partial charge is 0.335 e. The monoisotopic (exact) mass is 386 g/mol. The third kappa shape index (κ3) is 2.98. The summed E-state index contributed by atoms with van der Waals surface area (Å²) in [6.07, 6.45) is 4.98. The molecule has 28 heavy (non-hydrogen) atoms. The van der Waals surface area contributed by atoms with E-state index in [1.807, 2.05) is 35.2 Å². The van der Waals surface area contributed by atoms with Crippen molar-refractivity contribution in [2.45, 2.75) is 25.3 Å². The van der Waals surface area contributed by atoms with Crippen molar-refractivity contribution >= 4 is 33.7 Å². The number of fused-ring (bicyclic) bond motifs is 2. The van der Waals surface area contributed by atoms with E-state index in [0.29, 0.717) is 25.0 Å². The first-order valence-corrected chi connectivity index (χ1v) is 10.2. The Bertz CT molecular complexity index is 1200. The first kappa shape index (κ1) is 17.1. The molecule has 0 aliphatic carbocycles. The second kappa shape index (κ2) is 6.84. The van der Waals surface area contributed by atoms with Crippen molar-refractivity contribution in [3.63, 3.8) is 0 Å². The molecule has 0 fully saturated rings. The molecule has 0 bridgehead atoms. The van der Waals surface area contributed by atoms with Crippen LogP contribution in [0, 0.1) is 0 Å². The SMILES string of the molecule is O=C1CCC(C(=O)Cc2ncc(-c3ccc4ccccc4c3)s2)n2cccc21. The van der Waals surface area contributed by atoms with Gasteiger partial charge in [0.15, 0.2) is 11.6 Å². The molecule has 4 aromatic rings. The molecule has 0 spiro atoms. The lowest BCUT2D eigenvalue weighted by Crippen LogP contribution is -2.28. The van der Waals surface area contributed by atoms with Crippen LogP contribution in [0.5, 0.6) is 0 Å². The highest BCUT2D eigenvalue weighted by molar-refractivity contribution is 7.15. The summed E-state index contributed by atoms with van der Waals surface area (Å²) < 4.78 is 1.83. The van der Waals surface area contributed by atoms with Crippen LogP contribution in [0.15, 0.2) is 67.0 Å². The van der Waals surface area contributed by atoms with Crippen molar-refractivity contribution in [1.82, 2.24) is 9.55 Å². The molecule has 0 saturated heterocycles. The van der Waals surface area contributed by atoms with Gasteiger partial charge in [0.2, 0.25) is 0 Å². The summed E-state index contributed by atoms with van der Waals surface area (Å²) >= 11 is 1.56. The normalized spacial score (nSPS) is 16.3. The van der Waals surface area contributed by atoms with Crippen LogP contribution < -0.4 is 0 Å². The molecule has 4 nitrogen and oxygen atoms in total. The van der Waals surface area contributed by atoms with E-state index in [4.69, 9.17) is 0 Å². The molecule has 1 atom stereocenters. The molecule has 0 amide bonds. The average molecular weight is 386 g/mol. The van der Waals surface area contributed by atoms with E-state index in [1.165, 1.54) is 10.8 Å². The highest BCUT2D eigenvalue weighted by Gasteiger charge is 2.29. The lowest BCUT2D eigenvalue weighted by atomic mass is 9.97. The molecule has 1 unspecified atom stereocenters. The first-order valence-electron chi connectivity index (χ1n) is 9.36. The number of carbonyl (C=O) groups is 2. The van der Waals surface area contributed by atoms with E-state index in [2.05, 4.69) is 35.3 Å². The van der Waals surface area contributed by atoms with Crippen molar-refractivity contribution < 1.29 is 9.59 Å². The number of benzene rings is 2. The Kier molecular flexibility index (Phi) is 4.17. The van der Waals surface area contributed by atoms with Crippen LogP contribution in [0.4, 0.5) is 0 Å². The lowest BCUT2D eigenvalue weighted by Gasteiger charge is -2.24. The van der Waals surface area contributed by atoms with Gasteiger partial charge in [0.05, 0.1) is 23.0 Å². The molecule has 3 heterocycles. The van der Waals surface area contributed by atoms with E-state index in [9.17, 15) is 9.59 Å². The van der Waals surface area contributed by atoms with E-state index in [0.717, 1.165) is 15.4 Å². The Morgan fingerprint density at radius 2 is 1.96 bits per heavy atom. The highest BCUT2D eigenvalue weighted by atomic mass is 32.1. The van der Waals surface area contributed by atoms with Gasteiger partial charge in [-0.1, -0.05) is 36.4 Å². The molecule has 0 N–H and O–H groups in total. The fraction of sp³-hybridized carbons (Fsp3) is 0.174. The van der Waals surface area contributed by atoms with Crippen molar-refractivity contribution in [2.75, 3.05) is 0 Å². The first-order chi connectivity index (χ1) is 13.7. The van der Waals surface area contributed by atoms with Crippen molar-refractivity contribution in [2.24, 2.45) is 0 Å². The zero-order valence-electron chi connectivity index (χ0n) is 15.2. The van der Waals surface area contributed by atoms with Gasteiger partial charge in [-0.05, 0) is 41.0 Å². The van der Waals surface area contributed by atoms with Gasteiger partial charge in [0.25, 0.3) is 0 Å². The number of hydrogen-bond acceptors (Lipinski definition) is 4. The summed E-state index contributed by atoms with van der Waals surface area (Å²) in [7, 11) is 0. The third-order valence-corrected chi connectivity index (χ3v) is 6.38. The van der Waals surface area contributed by atoms with Gasteiger partial charge in [-0.25, -0.2) is 4.98 Å². The number of aromatic nitrogens is 2. The predicted molar refractivity (Wildman–Crippen MR) is 111 cm³/mol. The molecule has 2 aromatic heterocycles. The molecular weight excluding hydrogens is 368 g/mol. The number of thiazole rings is 1. The van der Waals surface area contributed by atoms with Crippen molar-refractivity contribution in [3.8, 4) is 10.4 Å². The van der Waals surface area contributed by atoms with E-state index in [1.54, 1.807) is 17.4 Å². The number of ketones is 2. The van der Waals surface area contributed by atoms with Crippen LogP contribution in [0.2, 0.25) is 0 Å². The lowest BCUT2D eigenvalue weighted by molar-refractivity contribution is -0.121. The average Bonchev–Trinajstić information content (AvgIpc) is 3.38. The minimum absolute atomic E-state index is 0.113. The minimum Gasteiger partial charge on any atom is -0.335 e. The Hall–Kier alpha value is -3.05. The van der Waals surface area contributed by atoms with Gasteiger partial charge < -0.3 is 4.57 Å². The standard InChI is InChI=1S/C23H18N2O2S/c26-20-10-9-19(25-11-3-6-18(20)25)21(27)13-23-24-14-22(28-23)17-8-7-15-4-1-2-5-16(15)12-17/h1-8,11-12,14,19H,9-10,13H2. The summed E-state index contributed by atoms with van der Waals surface area (Å²) in [4.78, 5) is 30.4. The number of rotatable bonds is 4. The van der Waals surface area contributed by atoms with Crippen LogP contribution in [-0.2, 0) is 11.2 Å². The minimum atomic E-state index is -0.268. The van der Waals surface area contributed by atoms with Gasteiger partial charge in [0.1, 0.15) is 5.01 Å². The topological polar surface area (TPSA) is 52.0 Å². The number of Topliss-reactive ketones (excluding diaryl/α,β-unsaturated/α-hetero) is 2. The molecule has 1 aliphatic heterocycles. The fourth-order valence-electron chi connectivity index (χ4n) is 3.89. The molecule has 138 valence electrons. The summed E-state index contributed by atoms with van der Waals surface area (Å²) in [6.45, 7) is 0. The van der Waals surface area contributed by atoms with Crippen LogP contribution >= 0.6 is 11.3 Å². The van der Waals surface area contributed by atoms with E-state index >= 15 is 0 Å². The van der Waals surface area contributed by atoms with E-state index in [-0.39, 0.29) is 17.6 Å². The molecule has 0 radical (unpaired) electrons. The number of carbonyl (C=O) groups excluding carboxylic acids is 2. The van der Waals surface area contributed by atoms with Gasteiger partial charge in [-0.15, -0.1) is 11.3 Å². The summed E-state index contributed by atoms with van der Waals surface area (Å²) in [5.74, 6) is 0.228. The van der Waals surface area contributed by atoms with Gasteiger partial charge in [-0.2, -0.15) is 0 Å². The highest BCUT2D eigenvalue weighted by Crippen LogP contribution is 2.31. The zero-order chi connectivity index (χ0) is 19.1. The van der Waals surface area contributed by atoms with Crippen molar-refractivity contribution in [1.29, 1.82) is 0 Å². The summed E-state index contributed by atoms with van der Waals surface area (Å²) in [5.41, 5.74) is 1.76. The maximum atomic E-state index is 12.9. The van der Waals surface area contributed by atoms with Gasteiger partial charge in [0, 0.05) is 18.8 Å². The maximum absolute atomic E-state index is 12.9. The second-order valence-corrected chi connectivity index (χ2v) is 8.22. The van der Waals surface area contributed by atoms with Crippen LogP contribution in [0.3, 0.4) is 0 Å². The second-order valence-electron chi connectivity index (χ2n) is 7.10. The van der Waals surface area contributed by atoms with Crippen molar-refractivity contribution in [3.05, 3.63) is 77.7 Å². The smallest absolute Gasteiger partial charge is 0.179 e. The predicted octanol–water partition coefficient (Wildman–Crippen LogP) is 5.09. The summed E-state index contributed by atoms with van der Waals surface area (Å²) in [6, 6.07) is 18.0. The van der Waals surface area contributed by atoms with Crippen LogP contribution in [0.1, 0.15) is 34.4 Å². The Balaban J connectivity index is 1.37. The van der Waals surface area contributed by atoms with Gasteiger partial charge >= 0.3 is 0 Å². The Labute approximate surface area is 166 Å². The summed E-state index contributed by atoms with van der Waals surface area (Å²) in [5, 5.41) is 3.22. The molecule has 2 aromatic carbocycles. The molecule has 5 rings (SSSR count). The quantitative estimate of drug-likeness (QED) is 0.491. The molecular formula is C23H18N2O2S. The Morgan fingerprint density at radius 1 is 1.11 bits per heavy atom. The van der Waals surface area contributed by atoms with Crippen LogP contribution in [-0.4, -0.2) is 21.1 Å². The fourth-order valence-corrected chi connectivity index (χ4v) is 4.81. The maximum Gasteiger partial charge on any atom is 0.179 e. The van der Waals surface area contributed by atoms with Gasteiger partial charge in [-0.3, -0.25) is 9.59 Å². The van der Waals surface area contributed by atoms with Crippen LogP contribution in [0.25, 0.3) is 21.2 Å².